The molecule has 2 unspecified atom stereocenters. The van der Waals surface area contributed by atoms with Crippen molar-refractivity contribution in [2.45, 2.75) is 28.6 Å². The van der Waals surface area contributed by atoms with Crippen LogP contribution in [-0.4, -0.2) is 52.4 Å². The van der Waals surface area contributed by atoms with Crippen LogP contribution < -0.4 is 0 Å². The Bertz CT molecular complexity index is 573. The van der Waals surface area contributed by atoms with Gasteiger partial charge in [0, 0.05) is 23.6 Å². The van der Waals surface area contributed by atoms with Gasteiger partial charge in [-0.15, -0.1) is 11.3 Å². The molecule has 2 heterocycles. The van der Waals surface area contributed by atoms with Gasteiger partial charge in [-0.2, -0.15) is 16.1 Å². The maximum absolute atomic E-state index is 12.5. The second kappa shape index (κ2) is 5.39. The van der Waals surface area contributed by atoms with Gasteiger partial charge < -0.3 is 5.11 Å². The number of thiazole rings is 1. The molecular formula is C10H14N2O4S3. The second-order valence-electron chi connectivity index (χ2n) is 4.37. The Labute approximate surface area is 119 Å². The fourth-order valence-corrected chi connectivity index (χ4v) is 6.41. The summed E-state index contributed by atoms with van der Waals surface area (Å²) in [6.45, 7) is 4.73. The first-order valence-corrected chi connectivity index (χ1v) is 8.91. The maximum atomic E-state index is 12.5. The minimum absolute atomic E-state index is 0.175. The summed E-state index contributed by atoms with van der Waals surface area (Å²) in [7, 11) is -3.77. The fraction of sp³-hybridized carbons (Fsp3) is 0.600. The largest absolute Gasteiger partial charge is 0.476 e. The number of carboxylic acid groups (broad SMARTS) is 1. The summed E-state index contributed by atoms with van der Waals surface area (Å²) in [5.41, 5.74) is 0.866. The number of sulfonamides is 1. The average molecular weight is 322 g/mol. The number of aromatic nitrogens is 1. The third kappa shape index (κ3) is 2.93. The zero-order valence-electron chi connectivity index (χ0n) is 10.4. The standard InChI is InChI=1S/C10H14N2O4S3/c1-6-3-12(4-7(2)18-6)19(15,16)10-8(9(13)14)11-5-17-10/h5-7H,3-4H2,1-2H3,(H,13,14). The van der Waals surface area contributed by atoms with E-state index in [1.54, 1.807) is 11.8 Å². The van der Waals surface area contributed by atoms with Crippen LogP contribution in [0.1, 0.15) is 24.3 Å². The predicted molar refractivity (Wildman–Crippen MR) is 74.3 cm³/mol. The minimum atomic E-state index is -3.77. The van der Waals surface area contributed by atoms with E-state index in [0.717, 1.165) is 11.3 Å². The van der Waals surface area contributed by atoms with Crippen molar-refractivity contribution in [3.63, 3.8) is 0 Å². The molecule has 0 saturated carbocycles. The van der Waals surface area contributed by atoms with Gasteiger partial charge in [-0.25, -0.2) is 18.2 Å². The number of thioether (sulfide) groups is 1. The topological polar surface area (TPSA) is 87.6 Å². The molecule has 1 aromatic heterocycles. The summed E-state index contributed by atoms with van der Waals surface area (Å²) in [6.07, 6.45) is 0. The lowest BCUT2D eigenvalue weighted by molar-refractivity contribution is 0.0687. The summed E-state index contributed by atoms with van der Waals surface area (Å²) in [6, 6.07) is 0. The van der Waals surface area contributed by atoms with Crippen molar-refractivity contribution < 1.29 is 18.3 Å². The quantitative estimate of drug-likeness (QED) is 0.904. The third-order valence-corrected chi connectivity index (χ3v) is 7.10. The lowest BCUT2D eigenvalue weighted by atomic mass is 10.4. The normalized spacial score (nSPS) is 25.4. The van der Waals surface area contributed by atoms with Crippen molar-refractivity contribution in [1.82, 2.24) is 9.29 Å². The van der Waals surface area contributed by atoms with E-state index in [4.69, 9.17) is 5.11 Å². The van der Waals surface area contributed by atoms with Gasteiger partial charge >= 0.3 is 5.97 Å². The van der Waals surface area contributed by atoms with Gasteiger partial charge in [-0.05, 0) is 0 Å². The van der Waals surface area contributed by atoms with Crippen LogP contribution in [-0.2, 0) is 10.0 Å². The zero-order valence-corrected chi connectivity index (χ0v) is 12.9. The number of nitrogens with zero attached hydrogens (tertiary/aromatic N) is 2. The molecule has 2 rings (SSSR count). The summed E-state index contributed by atoms with van der Waals surface area (Å²) in [4.78, 5) is 14.6. The molecule has 0 amide bonds. The predicted octanol–water partition coefficient (Wildman–Crippen LogP) is 1.36. The molecule has 1 fully saturated rings. The molecule has 0 radical (unpaired) electrons. The number of hydrogen-bond acceptors (Lipinski definition) is 6. The summed E-state index contributed by atoms with van der Waals surface area (Å²) >= 11 is 2.59. The average Bonchev–Trinajstić information content (AvgIpc) is 2.76. The molecule has 106 valence electrons. The molecule has 1 aromatic rings. The number of rotatable bonds is 3. The molecule has 0 spiro atoms. The maximum Gasteiger partial charge on any atom is 0.356 e. The van der Waals surface area contributed by atoms with Gasteiger partial charge in [-0.1, -0.05) is 13.8 Å². The second-order valence-corrected chi connectivity index (χ2v) is 9.24. The lowest BCUT2D eigenvalue weighted by Crippen LogP contribution is -2.44. The van der Waals surface area contributed by atoms with Crippen LogP contribution in [0.5, 0.6) is 0 Å². The van der Waals surface area contributed by atoms with Crippen molar-refractivity contribution in [3.05, 3.63) is 11.2 Å². The first-order valence-electron chi connectivity index (χ1n) is 5.64. The minimum Gasteiger partial charge on any atom is -0.476 e. The molecule has 1 aliphatic rings. The molecule has 0 aromatic carbocycles. The number of hydrogen-bond donors (Lipinski definition) is 1. The summed E-state index contributed by atoms with van der Waals surface area (Å²) in [5, 5.41) is 9.37. The van der Waals surface area contributed by atoms with Crippen LogP contribution in [0.25, 0.3) is 0 Å². The Morgan fingerprint density at radius 3 is 2.53 bits per heavy atom. The molecular weight excluding hydrogens is 308 g/mol. The van der Waals surface area contributed by atoms with Gasteiger partial charge in [0.05, 0.1) is 5.51 Å². The van der Waals surface area contributed by atoms with E-state index >= 15 is 0 Å². The Morgan fingerprint density at radius 1 is 1.42 bits per heavy atom. The van der Waals surface area contributed by atoms with E-state index in [1.165, 1.54) is 9.82 Å². The Morgan fingerprint density at radius 2 is 2.00 bits per heavy atom. The van der Waals surface area contributed by atoms with Crippen molar-refractivity contribution in [1.29, 1.82) is 0 Å². The van der Waals surface area contributed by atoms with Crippen LogP contribution in [0.15, 0.2) is 9.72 Å². The summed E-state index contributed by atoms with van der Waals surface area (Å²) in [5.74, 6) is -1.31. The van der Waals surface area contributed by atoms with Crippen molar-refractivity contribution in [3.8, 4) is 0 Å². The first-order chi connectivity index (χ1) is 8.82. The summed E-state index contributed by atoms with van der Waals surface area (Å²) < 4.78 is 26.2. The highest BCUT2D eigenvalue weighted by Crippen LogP contribution is 2.31. The van der Waals surface area contributed by atoms with Gasteiger partial charge in [0.1, 0.15) is 0 Å². The van der Waals surface area contributed by atoms with Crippen molar-refractivity contribution in [2.75, 3.05) is 13.1 Å². The van der Waals surface area contributed by atoms with Gasteiger partial charge in [0.15, 0.2) is 9.90 Å². The molecule has 1 saturated heterocycles. The molecule has 6 nitrogen and oxygen atoms in total. The van der Waals surface area contributed by atoms with Crippen molar-refractivity contribution >= 4 is 39.1 Å². The van der Waals surface area contributed by atoms with Crippen LogP contribution in [0.3, 0.4) is 0 Å². The first kappa shape index (κ1) is 14.8. The van der Waals surface area contributed by atoms with E-state index < -0.39 is 16.0 Å². The van der Waals surface area contributed by atoms with E-state index in [-0.39, 0.29) is 20.4 Å². The molecule has 19 heavy (non-hydrogen) atoms. The Balaban J connectivity index is 2.37. The van der Waals surface area contributed by atoms with Crippen LogP contribution >= 0.6 is 23.1 Å². The van der Waals surface area contributed by atoms with Crippen LogP contribution in [0, 0.1) is 0 Å². The zero-order chi connectivity index (χ0) is 14.2. The molecule has 0 bridgehead atoms. The van der Waals surface area contributed by atoms with E-state index in [2.05, 4.69) is 4.98 Å². The Hall–Kier alpha value is -0.640. The third-order valence-electron chi connectivity index (χ3n) is 2.70. The Kier molecular flexibility index (Phi) is 4.19. The van der Waals surface area contributed by atoms with Crippen LogP contribution in [0.2, 0.25) is 0 Å². The number of carboxylic acids is 1. The SMILES string of the molecule is CC1CN(S(=O)(=O)c2scnc2C(=O)O)CC(C)S1. The van der Waals surface area contributed by atoms with Crippen LogP contribution in [0.4, 0.5) is 0 Å². The van der Waals surface area contributed by atoms with E-state index in [9.17, 15) is 13.2 Å². The number of carbonyl (C=O) groups is 1. The van der Waals surface area contributed by atoms with E-state index in [1.807, 2.05) is 13.8 Å². The molecule has 0 aliphatic carbocycles. The van der Waals surface area contributed by atoms with Gasteiger partial charge in [-0.3, -0.25) is 0 Å². The number of aromatic carboxylic acids is 1. The smallest absolute Gasteiger partial charge is 0.356 e. The highest BCUT2D eigenvalue weighted by atomic mass is 32.2. The highest BCUT2D eigenvalue weighted by molar-refractivity contribution is 8.00. The van der Waals surface area contributed by atoms with E-state index in [0.29, 0.717) is 13.1 Å². The van der Waals surface area contributed by atoms with Gasteiger partial charge in [0.2, 0.25) is 0 Å². The monoisotopic (exact) mass is 322 g/mol. The highest BCUT2D eigenvalue weighted by Gasteiger charge is 2.36. The lowest BCUT2D eigenvalue weighted by Gasteiger charge is -2.33. The molecule has 1 aliphatic heterocycles. The van der Waals surface area contributed by atoms with Gasteiger partial charge in [0.25, 0.3) is 10.0 Å². The van der Waals surface area contributed by atoms with Crippen molar-refractivity contribution in [2.24, 2.45) is 0 Å². The molecule has 9 heteroatoms. The molecule has 2 atom stereocenters. The molecule has 1 N–H and O–H groups in total. The fourth-order valence-electron chi connectivity index (χ4n) is 2.01.